The minimum Gasteiger partial charge on any atom is -0.352 e. The monoisotopic (exact) mass is 390 g/mol. The zero-order valence-corrected chi connectivity index (χ0v) is 17.6. The molecule has 0 amide bonds. The molecule has 3 heterocycles. The van der Waals surface area contributed by atoms with Crippen LogP contribution in [-0.4, -0.2) is 26.6 Å². The number of pyridine rings is 1. The van der Waals surface area contributed by atoms with Gasteiger partial charge in [0, 0.05) is 30.3 Å². The third-order valence-corrected chi connectivity index (χ3v) is 6.14. The number of aromatic nitrogens is 2. The van der Waals surface area contributed by atoms with E-state index < -0.39 is 0 Å². The summed E-state index contributed by atoms with van der Waals surface area (Å²) in [6.45, 7) is 6.55. The Morgan fingerprint density at radius 1 is 1.11 bits per heavy atom. The van der Waals surface area contributed by atoms with Crippen LogP contribution in [0.25, 0.3) is 5.69 Å². The van der Waals surface area contributed by atoms with E-state index in [1.54, 1.807) is 0 Å². The second-order valence-corrected chi connectivity index (χ2v) is 7.81. The van der Waals surface area contributed by atoms with Gasteiger partial charge in [-0.15, -0.1) is 0 Å². The van der Waals surface area contributed by atoms with E-state index in [1.807, 2.05) is 18.3 Å². The van der Waals surface area contributed by atoms with Crippen molar-refractivity contribution in [1.82, 2.24) is 19.8 Å². The lowest BCUT2D eigenvalue weighted by Gasteiger charge is -2.24. The molecule has 1 aliphatic heterocycles. The molecule has 28 heavy (non-hydrogen) atoms. The minimum atomic E-state index is 0.0371. The van der Waals surface area contributed by atoms with Crippen molar-refractivity contribution in [2.45, 2.75) is 39.3 Å². The van der Waals surface area contributed by atoms with Crippen molar-refractivity contribution in [2.24, 2.45) is 0 Å². The second-order valence-electron chi connectivity index (χ2n) is 7.42. The summed E-state index contributed by atoms with van der Waals surface area (Å²) in [5.74, 6) is 0. The van der Waals surface area contributed by atoms with E-state index in [0.717, 1.165) is 17.2 Å². The van der Waals surface area contributed by atoms with Crippen LogP contribution < -0.4 is 5.32 Å². The highest BCUT2D eigenvalue weighted by Gasteiger charge is 2.39. The first-order valence-electron chi connectivity index (χ1n) is 9.73. The predicted molar refractivity (Wildman–Crippen MR) is 118 cm³/mol. The van der Waals surface area contributed by atoms with Crippen LogP contribution in [0.1, 0.15) is 47.2 Å². The van der Waals surface area contributed by atoms with Crippen LogP contribution >= 0.6 is 12.2 Å². The Hall–Kier alpha value is -2.66. The minimum absolute atomic E-state index is 0.0371. The van der Waals surface area contributed by atoms with Gasteiger partial charge in [-0.05, 0) is 73.9 Å². The zero-order chi connectivity index (χ0) is 19.8. The van der Waals surface area contributed by atoms with Gasteiger partial charge in [0.25, 0.3) is 0 Å². The van der Waals surface area contributed by atoms with E-state index in [4.69, 9.17) is 12.2 Å². The fourth-order valence-corrected chi connectivity index (χ4v) is 4.45. The lowest BCUT2D eigenvalue weighted by Crippen LogP contribution is -2.25. The van der Waals surface area contributed by atoms with Gasteiger partial charge in [0.2, 0.25) is 0 Å². The smallest absolute Gasteiger partial charge is 0.169 e. The summed E-state index contributed by atoms with van der Waals surface area (Å²) in [6.07, 6.45) is 2.89. The number of nitrogens with one attached hydrogen (secondary N) is 1. The SMILES string of the molecule is CCc1ccc(-n2c(C)cc([C@H]3[C@H](c4ccccn4)NC(=S)N3C)c2C)cc1. The molecule has 0 unspecified atom stereocenters. The molecule has 1 saturated heterocycles. The van der Waals surface area contributed by atoms with Gasteiger partial charge in [-0.2, -0.15) is 0 Å². The standard InChI is InChI=1S/C23H26N4S/c1-5-17-9-11-18(12-10-17)27-15(2)14-19(16(27)3)22-21(25-23(28)26(22)4)20-8-6-7-13-24-20/h6-14,21-22H,5H2,1-4H3,(H,25,28)/t21-,22-/m0/s1. The maximum atomic E-state index is 5.58. The Morgan fingerprint density at radius 3 is 2.50 bits per heavy atom. The molecule has 0 radical (unpaired) electrons. The maximum absolute atomic E-state index is 5.58. The summed E-state index contributed by atoms with van der Waals surface area (Å²) in [4.78, 5) is 6.74. The summed E-state index contributed by atoms with van der Waals surface area (Å²) < 4.78 is 2.33. The van der Waals surface area contributed by atoms with Crippen molar-refractivity contribution < 1.29 is 0 Å². The molecule has 1 fully saturated rings. The quantitative estimate of drug-likeness (QED) is 0.657. The number of likely N-dealkylation sites (N-methyl/N-ethyl adjacent to an activating group) is 1. The Kier molecular flexibility index (Phi) is 4.94. The summed E-state index contributed by atoms with van der Waals surface area (Å²) >= 11 is 5.58. The Bertz CT molecular complexity index is 991. The highest BCUT2D eigenvalue weighted by Crippen LogP contribution is 2.40. The van der Waals surface area contributed by atoms with Crippen LogP contribution in [0.5, 0.6) is 0 Å². The highest BCUT2D eigenvalue weighted by atomic mass is 32.1. The Morgan fingerprint density at radius 2 is 1.86 bits per heavy atom. The van der Waals surface area contributed by atoms with Crippen LogP contribution in [0.4, 0.5) is 0 Å². The molecule has 0 aliphatic carbocycles. The molecule has 5 heteroatoms. The number of aryl methyl sites for hydroxylation is 2. The fraction of sp³-hybridized carbons (Fsp3) is 0.304. The molecule has 0 saturated carbocycles. The number of hydrogen-bond donors (Lipinski definition) is 1. The average Bonchev–Trinajstić information content (AvgIpc) is 3.17. The van der Waals surface area contributed by atoms with Gasteiger partial charge in [-0.25, -0.2) is 0 Å². The van der Waals surface area contributed by atoms with Gasteiger partial charge in [-0.3, -0.25) is 4.98 Å². The largest absolute Gasteiger partial charge is 0.352 e. The molecular formula is C23H26N4S. The van der Waals surface area contributed by atoms with Crippen LogP contribution in [0.3, 0.4) is 0 Å². The van der Waals surface area contributed by atoms with Crippen molar-refractivity contribution >= 4 is 17.3 Å². The van der Waals surface area contributed by atoms with E-state index in [0.29, 0.717) is 0 Å². The molecule has 2 atom stereocenters. The summed E-state index contributed by atoms with van der Waals surface area (Å²) in [5.41, 5.74) is 7.31. The van der Waals surface area contributed by atoms with Gasteiger partial charge < -0.3 is 14.8 Å². The number of benzene rings is 1. The number of thiocarbonyl (C=S) groups is 1. The number of nitrogens with zero attached hydrogens (tertiary/aromatic N) is 3. The number of rotatable bonds is 4. The van der Waals surface area contributed by atoms with E-state index in [1.165, 1.54) is 28.2 Å². The van der Waals surface area contributed by atoms with E-state index in [2.05, 4.69) is 84.0 Å². The molecule has 1 aliphatic rings. The highest BCUT2D eigenvalue weighted by molar-refractivity contribution is 7.80. The molecule has 0 bridgehead atoms. The Labute approximate surface area is 172 Å². The van der Waals surface area contributed by atoms with Crippen LogP contribution in [0.15, 0.2) is 54.7 Å². The summed E-state index contributed by atoms with van der Waals surface area (Å²) in [5, 5.41) is 4.23. The second kappa shape index (κ2) is 7.40. The molecule has 2 aromatic heterocycles. The topological polar surface area (TPSA) is 33.1 Å². The normalized spacial score (nSPS) is 19.1. The van der Waals surface area contributed by atoms with Crippen LogP contribution in [0, 0.1) is 13.8 Å². The van der Waals surface area contributed by atoms with Crippen LogP contribution in [-0.2, 0) is 6.42 Å². The lowest BCUT2D eigenvalue weighted by atomic mass is 9.97. The first kappa shape index (κ1) is 18.7. The van der Waals surface area contributed by atoms with Crippen molar-refractivity contribution in [3.63, 3.8) is 0 Å². The van der Waals surface area contributed by atoms with E-state index in [-0.39, 0.29) is 12.1 Å². The van der Waals surface area contributed by atoms with Gasteiger partial charge in [0.1, 0.15) is 0 Å². The molecular weight excluding hydrogens is 364 g/mol. The number of hydrogen-bond acceptors (Lipinski definition) is 2. The third-order valence-electron chi connectivity index (χ3n) is 5.73. The zero-order valence-electron chi connectivity index (χ0n) is 16.8. The van der Waals surface area contributed by atoms with Crippen molar-refractivity contribution in [3.05, 3.63) is 82.9 Å². The van der Waals surface area contributed by atoms with Crippen molar-refractivity contribution in [1.29, 1.82) is 0 Å². The van der Waals surface area contributed by atoms with Crippen LogP contribution in [0.2, 0.25) is 0 Å². The molecule has 144 valence electrons. The molecule has 4 rings (SSSR count). The molecule has 0 spiro atoms. The first-order chi connectivity index (χ1) is 13.5. The predicted octanol–water partition coefficient (Wildman–Crippen LogP) is 4.65. The van der Waals surface area contributed by atoms with E-state index in [9.17, 15) is 0 Å². The first-order valence-corrected chi connectivity index (χ1v) is 10.1. The molecule has 1 aromatic carbocycles. The fourth-order valence-electron chi connectivity index (χ4n) is 4.21. The van der Waals surface area contributed by atoms with Gasteiger partial charge in [-0.1, -0.05) is 25.1 Å². The summed E-state index contributed by atoms with van der Waals surface area (Å²) in [7, 11) is 2.06. The third kappa shape index (κ3) is 3.10. The van der Waals surface area contributed by atoms with E-state index >= 15 is 0 Å². The molecule has 3 aromatic rings. The molecule has 4 nitrogen and oxygen atoms in total. The maximum Gasteiger partial charge on any atom is 0.169 e. The Balaban J connectivity index is 1.78. The van der Waals surface area contributed by atoms with Crippen molar-refractivity contribution in [2.75, 3.05) is 7.05 Å². The lowest BCUT2D eigenvalue weighted by molar-refractivity contribution is 0.367. The van der Waals surface area contributed by atoms with Crippen molar-refractivity contribution in [3.8, 4) is 5.69 Å². The van der Waals surface area contributed by atoms with Gasteiger partial charge >= 0.3 is 0 Å². The van der Waals surface area contributed by atoms with Gasteiger partial charge in [0.05, 0.1) is 17.8 Å². The summed E-state index contributed by atoms with van der Waals surface area (Å²) in [6, 6.07) is 17.3. The molecule has 1 N–H and O–H groups in total. The van der Waals surface area contributed by atoms with Gasteiger partial charge in [0.15, 0.2) is 5.11 Å². The average molecular weight is 391 g/mol.